The van der Waals surface area contributed by atoms with Crippen LogP contribution in [0.3, 0.4) is 0 Å². The van der Waals surface area contributed by atoms with Gasteiger partial charge in [0.1, 0.15) is 11.9 Å². The van der Waals surface area contributed by atoms with E-state index in [4.69, 9.17) is 10.2 Å². The molecule has 6 heteroatoms. The summed E-state index contributed by atoms with van der Waals surface area (Å²) in [5, 5.41) is 21.2. The van der Waals surface area contributed by atoms with Gasteiger partial charge in [0.2, 0.25) is 0 Å². The summed E-state index contributed by atoms with van der Waals surface area (Å²) in [5.74, 6) is -1.02. The first-order valence-corrected chi connectivity index (χ1v) is 5.51. The van der Waals surface area contributed by atoms with Crippen LogP contribution in [0.15, 0.2) is 12.5 Å². The topological polar surface area (TPSA) is 95.3 Å². The molecular formula is C11H15N3O3. The van der Waals surface area contributed by atoms with Gasteiger partial charge in [0.25, 0.3) is 0 Å². The highest BCUT2D eigenvalue weighted by atomic mass is 16.4. The van der Waals surface area contributed by atoms with Gasteiger partial charge in [-0.1, -0.05) is 0 Å². The monoisotopic (exact) mass is 237 g/mol. The lowest BCUT2D eigenvalue weighted by molar-refractivity contribution is 0.0694. The van der Waals surface area contributed by atoms with Gasteiger partial charge in [0, 0.05) is 31.3 Å². The summed E-state index contributed by atoms with van der Waals surface area (Å²) in [4.78, 5) is 18.5. The van der Waals surface area contributed by atoms with Crippen LogP contribution in [0, 0.1) is 5.41 Å². The normalized spacial score (nSPS) is 16.8. The van der Waals surface area contributed by atoms with Crippen molar-refractivity contribution in [3.05, 3.63) is 23.8 Å². The number of aliphatic hydroxyl groups is 1. The molecule has 92 valence electrons. The van der Waals surface area contributed by atoms with Gasteiger partial charge in [-0.3, -0.25) is 0 Å². The Labute approximate surface area is 98.7 Å². The SMILES string of the molecule is O=C(O)c1cncnc1CNCC1(CO)CC1. The zero-order chi connectivity index (χ0) is 12.3. The standard InChI is InChI=1S/C11H15N3O3/c15-6-11(1-2-11)5-12-4-9-8(10(16)17)3-13-7-14-9/h3,7,12,15H,1-2,4-6H2,(H,16,17). The van der Waals surface area contributed by atoms with Crippen LogP contribution in [0.1, 0.15) is 28.9 Å². The van der Waals surface area contributed by atoms with Crippen molar-refractivity contribution in [1.82, 2.24) is 15.3 Å². The fourth-order valence-corrected chi connectivity index (χ4v) is 1.69. The molecule has 2 rings (SSSR count). The number of rotatable bonds is 6. The second kappa shape index (κ2) is 4.77. The lowest BCUT2D eigenvalue weighted by atomic mass is 10.1. The largest absolute Gasteiger partial charge is 0.478 e. The molecule has 0 radical (unpaired) electrons. The molecule has 0 atom stereocenters. The molecule has 0 aromatic carbocycles. The summed E-state index contributed by atoms with van der Waals surface area (Å²) in [6.45, 7) is 1.24. The van der Waals surface area contributed by atoms with Crippen LogP contribution in [-0.4, -0.2) is 39.3 Å². The fraction of sp³-hybridized carbons (Fsp3) is 0.545. The third-order valence-electron chi connectivity index (χ3n) is 3.11. The van der Waals surface area contributed by atoms with E-state index in [0.717, 1.165) is 12.8 Å². The first kappa shape index (κ1) is 11.9. The van der Waals surface area contributed by atoms with Crippen molar-refractivity contribution in [1.29, 1.82) is 0 Å². The van der Waals surface area contributed by atoms with Crippen molar-refractivity contribution in [2.75, 3.05) is 13.2 Å². The first-order chi connectivity index (χ1) is 8.17. The highest BCUT2D eigenvalue weighted by molar-refractivity contribution is 5.88. The molecule has 6 nitrogen and oxygen atoms in total. The summed E-state index contributed by atoms with van der Waals surface area (Å²) in [5.41, 5.74) is 0.603. The summed E-state index contributed by atoms with van der Waals surface area (Å²) < 4.78 is 0. The Morgan fingerprint density at radius 3 is 2.88 bits per heavy atom. The van der Waals surface area contributed by atoms with E-state index in [1.165, 1.54) is 12.5 Å². The van der Waals surface area contributed by atoms with Crippen LogP contribution in [0.2, 0.25) is 0 Å². The van der Waals surface area contributed by atoms with Gasteiger partial charge in [-0.2, -0.15) is 0 Å². The van der Waals surface area contributed by atoms with E-state index in [1.54, 1.807) is 0 Å². The van der Waals surface area contributed by atoms with E-state index in [9.17, 15) is 4.79 Å². The van der Waals surface area contributed by atoms with Crippen LogP contribution in [0.25, 0.3) is 0 Å². The Morgan fingerprint density at radius 2 is 2.29 bits per heavy atom. The summed E-state index contributed by atoms with van der Waals surface area (Å²) >= 11 is 0. The predicted octanol–water partition coefficient (Wildman–Crippen LogP) is 0.0369. The van der Waals surface area contributed by atoms with Crippen molar-refractivity contribution in [3.8, 4) is 0 Å². The third kappa shape index (κ3) is 2.78. The van der Waals surface area contributed by atoms with Crippen LogP contribution in [-0.2, 0) is 6.54 Å². The minimum atomic E-state index is -1.02. The van der Waals surface area contributed by atoms with Crippen molar-refractivity contribution >= 4 is 5.97 Å². The number of nitrogens with zero attached hydrogens (tertiary/aromatic N) is 2. The number of hydrogen-bond acceptors (Lipinski definition) is 5. The van der Waals surface area contributed by atoms with Gasteiger partial charge in [-0.05, 0) is 12.8 Å². The molecule has 1 aliphatic carbocycles. The van der Waals surface area contributed by atoms with E-state index in [-0.39, 0.29) is 17.6 Å². The zero-order valence-corrected chi connectivity index (χ0v) is 9.39. The Hall–Kier alpha value is -1.53. The molecule has 1 aromatic heterocycles. The Morgan fingerprint density at radius 1 is 1.53 bits per heavy atom. The summed E-state index contributed by atoms with van der Waals surface area (Å²) in [6.07, 6.45) is 4.67. The predicted molar refractivity (Wildman–Crippen MR) is 59.5 cm³/mol. The zero-order valence-electron chi connectivity index (χ0n) is 9.39. The molecule has 17 heavy (non-hydrogen) atoms. The number of nitrogens with one attached hydrogen (secondary N) is 1. The van der Waals surface area contributed by atoms with E-state index in [0.29, 0.717) is 18.8 Å². The highest BCUT2D eigenvalue weighted by Crippen LogP contribution is 2.44. The summed E-state index contributed by atoms with van der Waals surface area (Å²) in [7, 11) is 0. The Balaban J connectivity index is 1.92. The molecule has 0 aliphatic heterocycles. The van der Waals surface area contributed by atoms with Gasteiger partial charge in [-0.15, -0.1) is 0 Å². The molecule has 1 saturated carbocycles. The fourth-order valence-electron chi connectivity index (χ4n) is 1.69. The molecule has 3 N–H and O–H groups in total. The summed E-state index contributed by atoms with van der Waals surface area (Å²) in [6, 6.07) is 0. The van der Waals surface area contributed by atoms with Crippen molar-refractivity contribution in [2.24, 2.45) is 5.41 Å². The number of carboxylic acids is 1. The maximum atomic E-state index is 10.9. The molecule has 0 amide bonds. The van der Waals surface area contributed by atoms with Crippen molar-refractivity contribution in [3.63, 3.8) is 0 Å². The average molecular weight is 237 g/mol. The molecule has 0 unspecified atom stereocenters. The minimum Gasteiger partial charge on any atom is -0.478 e. The lowest BCUT2D eigenvalue weighted by Crippen LogP contribution is -2.27. The molecular weight excluding hydrogens is 222 g/mol. The van der Waals surface area contributed by atoms with Crippen LogP contribution >= 0.6 is 0 Å². The molecule has 1 aliphatic rings. The van der Waals surface area contributed by atoms with E-state index in [1.807, 2.05) is 0 Å². The molecule has 0 saturated heterocycles. The van der Waals surface area contributed by atoms with Crippen molar-refractivity contribution < 1.29 is 15.0 Å². The maximum absolute atomic E-state index is 10.9. The number of aromatic nitrogens is 2. The third-order valence-corrected chi connectivity index (χ3v) is 3.11. The molecule has 1 aromatic rings. The van der Waals surface area contributed by atoms with Gasteiger partial charge in [0.05, 0.1) is 5.69 Å². The van der Waals surface area contributed by atoms with E-state index in [2.05, 4.69) is 15.3 Å². The molecule has 0 bridgehead atoms. The van der Waals surface area contributed by atoms with Gasteiger partial charge >= 0.3 is 5.97 Å². The second-order valence-electron chi connectivity index (χ2n) is 4.45. The van der Waals surface area contributed by atoms with Gasteiger partial charge < -0.3 is 15.5 Å². The van der Waals surface area contributed by atoms with E-state index < -0.39 is 5.97 Å². The number of hydrogen-bond donors (Lipinski definition) is 3. The van der Waals surface area contributed by atoms with E-state index >= 15 is 0 Å². The number of aromatic carboxylic acids is 1. The first-order valence-electron chi connectivity index (χ1n) is 5.51. The molecule has 1 heterocycles. The number of aliphatic hydroxyl groups excluding tert-OH is 1. The second-order valence-corrected chi connectivity index (χ2v) is 4.45. The highest BCUT2D eigenvalue weighted by Gasteiger charge is 2.41. The lowest BCUT2D eigenvalue weighted by Gasteiger charge is -2.12. The Kier molecular flexibility index (Phi) is 3.35. The average Bonchev–Trinajstić information content (AvgIpc) is 3.10. The van der Waals surface area contributed by atoms with Crippen LogP contribution < -0.4 is 5.32 Å². The van der Waals surface area contributed by atoms with Crippen molar-refractivity contribution in [2.45, 2.75) is 19.4 Å². The maximum Gasteiger partial charge on any atom is 0.339 e. The Bertz CT molecular complexity index is 418. The number of carboxylic acid groups (broad SMARTS) is 1. The van der Waals surface area contributed by atoms with Crippen LogP contribution in [0.5, 0.6) is 0 Å². The molecule has 1 fully saturated rings. The van der Waals surface area contributed by atoms with Gasteiger partial charge in [0.15, 0.2) is 0 Å². The number of carbonyl (C=O) groups is 1. The minimum absolute atomic E-state index is 0.0103. The van der Waals surface area contributed by atoms with Gasteiger partial charge in [-0.25, -0.2) is 14.8 Å². The smallest absolute Gasteiger partial charge is 0.339 e. The van der Waals surface area contributed by atoms with Crippen LogP contribution in [0.4, 0.5) is 0 Å². The quantitative estimate of drug-likeness (QED) is 0.646. The molecule has 0 spiro atoms.